The number of rotatable bonds is 9. The molecule has 4 nitrogen and oxygen atoms in total. The van der Waals surface area contributed by atoms with E-state index >= 15 is 0 Å². The van der Waals surface area contributed by atoms with Gasteiger partial charge in [-0.1, -0.05) is 38.3 Å². The maximum atomic E-state index is 10.5. The number of carbonyl (C=O) groups excluding carboxylic acids is 2. The number of carboxylic acids is 2. The largest absolute Gasteiger partial charge is 1.00 e. The minimum atomic E-state index is -1.37. The van der Waals surface area contributed by atoms with Gasteiger partial charge in [-0.05, 0) is 19.3 Å². The molecule has 0 bridgehead atoms. The van der Waals surface area contributed by atoms with E-state index < -0.39 is 24.3 Å². The molecule has 0 rings (SSSR count). The molecule has 0 aromatic heterocycles. The van der Waals surface area contributed by atoms with Crippen LogP contribution in [-0.4, -0.2) is 11.9 Å². The van der Waals surface area contributed by atoms with Crippen molar-refractivity contribution >= 4 is 11.9 Å². The maximum absolute atomic E-state index is 10.5. The normalized spacial score (nSPS) is 11.4. The van der Waals surface area contributed by atoms with Gasteiger partial charge in [-0.15, -0.1) is 0 Å². The summed E-state index contributed by atoms with van der Waals surface area (Å²) in [5.41, 5.74) is 0. The molecule has 6 heteroatoms. The molecule has 0 aliphatic carbocycles. The maximum Gasteiger partial charge on any atom is 1.00 e. The summed E-state index contributed by atoms with van der Waals surface area (Å²) in [7, 11) is 0. The molecule has 0 aromatic rings. The van der Waals surface area contributed by atoms with E-state index in [9.17, 15) is 19.8 Å². The number of carbonyl (C=O) groups is 2. The van der Waals surface area contributed by atoms with Crippen molar-refractivity contribution in [2.45, 2.75) is 45.4 Å². The average Bonchev–Trinajstić information content (AvgIpc) is 2.20. The van der Waals surface area contributed by atoms with Gasteiger partial charge in [0.1, 0.15) is 0 Å². The first-order valence-corrected chi connectivity index (χ1v) is 5.65. The van der Waals surface area contributed by atoms with Crippen molar-refractivity contribution in [1.29, 1.82) is 0 Å². The smallest absolute Gasteiger partial charge is 0.550 e. The molecular formula is C12H18Na2O4. The van der Waals surface area contributed by atoms with Crippen LogP contribution in [0.1, 0.15) is 45.4 Å². The van der Waals surface area contributed by atoms with Gasteiger partial charge in [0.2, 0.25) is 0 Å². The number of hydrogen-bond donors (Lipinski definition) is 0. The monoisotopic (exact) mass is 272 g/mol. The Morgan fingerprint density at radius 3 is 2.17 bits per heavy atom. The molecule has 18 heavy (non-hydrogen) atoms. The van der Waals surface area contributed by atoms with Gasteiger partial charge < -0.3 is 19.8 Å². The third kappa shape index (κ3) is 14.7. The quantitative estimate of drug-likeness (QED) is 0.238. The first-order valence-electron chi connectivity index (χ1n) is 5.65. The van der Waals surface area contributed by atoms with Gasteiger partial charge in [-0.3, -0.25) is 0 Å². The fraction of sp³-hybridized carbons (Fsp3) is 0.667. The van der Waals surface area contributed by atoms with Crippen LogP contribution in [0, 0.1) is 5.92 Å². The van der Waals surface area contributed by atoms with Gasteiger partial charge in [-0.2, -0.15) is 0 Å². The molecular weight excluding hydrogens is 254 g/mol. The van der Waals surface area contributed by atoms with Crippen molar-refractivity contribution in [3.63, 3.8) is 0 Å². The van der Waals surface area contributed by atoms with E-state index in [-0.39, 0.29) is 59.1 Å². The third-order valence-corrected chi connectivity index (χ3v) is 2.28. The summed E-state index contributed by atoms with van der Waals surface area (Å²) in [5.74, 6) is -3.81. The Bertz CT molecular complexity index is 254. The van der Waals surface area contributed by atoms with E-state index in [0.29, 0.717) is 0 Å². The summed E-state index contributed by atoms with van der Waals surface area (Å²) < 4.78 is 0. The Labute approximate surface area is 153 Å². The molecule has 0 N–H and O–H groups in total. The summed E-state index contributed by atoms with van der Waals surface area (Å²) in [6, 6.07) is 0. The third-order valence-electron chi connectivity index (χ3n) is 2.28. The van der Waals surface area contributed by atoms with Crippen molar-refractivity contribution in [2.24, 2.45) is 5.92 Å². The van der Waals surface area contributed by atoms with Crippen molar-refractivity contribution in [3.05, 3.63) is 12.2 Å². The zero-order valence-electron chi connectivity index (χ0n) is 11.6. The zero-order valence-corrected chi connectivity index (χ0v) is 15.6. The van der Waals surface area contributed by atoms with Gasteiger partial charge in [-0.25, -0.2) is 0 Å². The van der Waals surface area contributed by atoms with Gasteiger partial charge in [0.15, 0.2) is 0 Å². The van der Waals surface area contributed by atoms with E-state index in [1.165, 1.54) is 6.08 Å². The minimum Gasteiger partial charge on any atom is -0.550 e. The summed E-state index contributed by atoms with van der Waals surface area (Å²) in [6.45, 7) is 2.11. The average molecular weight is 272 g/mol. The van der Waals surface area contributed by atoms with Gasteiger partial charge in [0.25, 0.3) is 0 Å². The molecule has 0 radical (unpaired) electrons. The number of hydrogen-bond acceptors (Lipinski definition) is 4. The van der Waals surface area contributed by atoms with Crippen LogP contribution in [-0.2, 0) is 9.59 Å². The molecule has 0 heterocycles. The Hall–Kier alpha value is 0.680. The number of aliphatic carboxylic acids is 2. The van der Waals surface area contributed by atoms with Gasteiger partial charge in [0.05, 0.1) is 0 Å². The standard InChI is InChI=1S/C12H20O4.2Na/c1-2-3-4-5-6-7-8-10(12(15)16)9-11(13)14;;/h7-8,10H,2-6,9H2,1H3,(H,13,14)(H,15,16);;/q;2*+1/p-2/b8-7+;;. The molecule has 0 aromatic carbocycles. The first kappa shape index (κ1) is 23.7. The molecule has 0 spiro atoms. The van der Waals surface area contributed by atoms with Crippen LogP contribution in [0.15, 0.2) is 12.2 Å². The van der Waals surface area contributed by atoms with E-state index in [2.05, 4.69) is 6.92 Å². The van der Waals surface area contributed by atoms with E-state index in [1.54, 1.807) is 6.08 Å². The Balaban J connectivity index is -0.00000112. The summed E-state index contributed by atoms with van der Waals surface area (Å²) in [5, 5.41) is 20.8. The first-order chi connectivity index (χ1) is 7.57. The molecule has 0 saturated carbocycles. The molecule has 1 atom stereocenters. The minimum absolute atomic E-state index is 0. The van der Waals surface area contributed by atoms with Crippen molar-refractivity contribution < 1.29 is 78.9 Å². The number of allylic oxidation sites excluding steroid dienone is 1. The SMILES string of the molecule is CCCCCC/C=C/C(CC(=O)[O-])C(=O)[O-].[Na+].[Na+]. The summed E-state index contributed by atoms with van der Waals surface area (Å²) >= 11 is 0. The van der Waals surface area contributed by atoms with Crippen molar-refractivity contribution in [1.82, 2.24) is 0 Å². The van der Waals surface area contributed by atoms with Crippen LogP contribution in [0.3, 0.4) is 0 Å². The van der Waals surface area contributed by atoms with Crippen LogP contribution in [0.4, 0.5) is 0 Å². The van der Waals surface area contributed by atoms with E-state index in [1.807, 2.05) is 0 Å². The molecule has 0 aliphatic rings. The second-order valence-corrected chi connectivity index (χ2v) is 3.78. The summed E-state index contributed by atoms with van der Waals surface area (Å²) in [6.07, 6.45) is 7.76. The van der Waals surface area contributed by atoms with Gasteiger partial charge in [0, 0.05) is 17.9 Å². The van der Waals surface area contributed by atoms with Gasteiger partial charge >= 0.3 is 59.1 Å². The predicted molar refractivity (Wildman–Crippen MR) is 56.0 cm³/mol. The van der Waals surface area contributed by atoms with Crippen LogP contribution in [0.25, 0.3) is 0 Å². The fourth-order valence-electron chi connectivity index (χ4n) is 1.36. The topological polar surface area (TPSA) is 80.3 Å². The van der Waals surface area contributed by atoms with Crippen LogP contribution < -0.4 is 69.3 Å². The second kappa shape index (κ2) is 15.7. The fourth-order valence-corrected chi connectivity index (χ4v) is 1.36. The van der Waals surface area contributed by atoms with Crippen molar-refractivity contribution in [3.8, 4) is 0 Å². The zero-order chi connectivity index (χ0) is 12.4. The van der Waals surface area contributed by atoms with E-state index in [4.69, 9.17) is 0 Å². The second-order valence-electron chi connectivity index (χ2n) is 3.78. The molecule has 0 fully saturated rings. The molecule has 0 saturated heterocycles. The molecule has 0 amide bonds. The van der Waals surface area contributed by atoms with E-state index in [0.717, 1.165) is 32.1 Å². The molecule has 1 unspecified atom stereocenters. The molecule has 92 valence electrons. The van der Waals surface area contributed by atoms with Crippen LogP contribution >= 0.6 is 0 Å². The van der Waals surface area contributed by atoms with Crippen molar-refractivity contribution in [2.75, 3.05) is 0 Å². The number of carboxylic acid groups (broad SMARTS) is 2. The Kier molecular flexibility index (Phi) is 20.8. The van der Waals surface area contributed by atoms with Crippen LogP contribution in [0.5, 0.6) is 0 Å². The Morgan fingerprint density at radius 2 is 1.72 bits per heavy atom. The summed E-state index contributed by atoms with van der Waals surface area (Å²) in [4.78, 5) is 20.8. The Morgan fingerprint density at radius 1 is 1.11 bits per heavy atom. The molecule has 0 aliphatic heterocycles. The predicted octanol–water partition coefficient (Wildman–Crippen LogP) is -5.97. The van der Waals surface area contributed by atoms with Crippen LogP contribution in [0.2, 0.25) is 0 Å². The number of unbranched alkanes of at least 4 members (excludes halogenated alkanes) is 4.